The Morgan fingerprint density at radius 1 is 1.04 bits per heavy atom. The molecule has 0 saturated carbocycles. The van der Waals surface area contributed by atoms with Gasteiger partial charge in [-0.25, -0.2) is 14.4 Å². The van der Waals surface area contributed by atoms with Gasteiger partial charge in [0.05, 0.1) is 12.5 Å². The van der Waals surface area contributed by atoms with Crippen LogP contribution in [0.4, 0.5) is 15.9 Å². The van der Waals surface area contributed by atoms with E-state index in [-0.39, 0.29) is 5.82 Å². The van der Waals surface area contributed by atoms with Crippen LogP contribution >= 0.6 is 0 Å². The number of hydrogen-bond acceptors (Lipinski definition) is 4. The van der Waals surface area contributed by atoms with Gasteiger partial charge in [0.25, 0.3) is 0 Å². The smallest absolute Gasteiger partial charge is 0.143 e. The predicted molar refractivity (Wildman–Crippen MR) is 95.6 cm³/mol. The lowest BCUT2D eigenvalue weighted by Crippen LogP contribution is -1.95. The average Bonchev–Trinajstić information content (AvgIpc) is 3.07. The second-order valence-electron chi connectivity index (χ2n) is 5.53. The Kier molecular flexibility index (Phi) is 3.78. The van der Waals surface area contributed by atoms with E-state index in [1.54, 1.807) is 19.2 Å². The highest BCUT2D eigenvalue weighted by Gasteiger charge is 2.10. The van der Waals surface area contributed by atoms with Crippen LogP contribution in [0.25, 0.3) is 22.3 Å². The number of nitrogens with zero attached hydrogens (tertiary/aromatic N) is 2. The fourth-order valence-electron chi connectivity index (χ4n) is 2.69. The van der Waals surface area contributed by atoms with Crippen molar-refractivity contribution in [3.05, 3.63) is 66.7 Å². The number of H-pyrrole nitrogens is 1. The number of rotatable bonds is 4. The van der Waals surface area contributed by atoms with Gasteiger partial charge in [0, 0.05) is 16.9 Å². The molecule has 0 fully saturated rings. The third kappa shape index (κ3) is 3.01. The zero-order valence-electron chi connectivity index (χ0n) is 13.5. The van der Waals surface area contributed by atoms with Crippen molar-refractivity contribution in [3.8, 4) is 17.0 Å². The monoisotopic (exact) mass is 334 g/mol. The molecule has 0 unspecified atom stereocenters. The molecular formula is C19H15FN4O. The number of methoxy groups -OCH3 is 1. The molecule has 5 nitrogen and oxygen atoms in total. The van der Waals surface area contributed by atoms with Crippen molar-refractivity contribution in [2.45, 2.75) is 0 Å². The quantitative estimate of drug-likeness (QED) is 0.576. The van der Waals surface area contributed by atoms with Crippen molar-refractivity contribution in [2.75, 3.05) is 12.4 Å². The maximum Gasteiger partial charge on any atom is 0.143 e. The van der Waals surface area contributed by atoms with E-state index in [4.69, 9.17) is 4.74 Å². The summed E-state index contributed by atoms with van der Waals surface area (Å²) in [5, 5.41) is 3.96. The van der Waals surface area contributed by atoms with Gasteiger partial charge >= 0.3 is 0 Å². The highest BCUT2D eigenvalue weighted by Crippen LogP contribution is 2.30. The maximum atomic E-state index is 13.4. The summed E-state index contributed by atoms with van der Waals surface area (Å²) in [6.45, 7) is 0. The van der Waals surface area contributed by atoms with Crippen LogP contribution in [0.2, 0.25) is 0 Å². The molecule has 0 amide bonds. The topological polar surface area (TPSA) is 62.8 Å². The molecule has 6 heteroatoms. The molecule has 0 aliphatic heterocycles. The van der Waals surface area contributed by atoms with Crippen molar-refractivity contribution in [1.29, 1.82) is 0 Å². The molecule has 0 radical (unpaired) electrons. The minimum atomic E-state index is -0.304. The molecule has 0 spiro atoms. The number of aromatic nitrogens is 3. The van der Waals surface area contributed by atoms with Gasteiger partial charge in [-0.3, -0.25) is 0 Å². The lowest BCUT2D eigenvalue weighted by molar-refractivity contribution is 0.415. The molecule has 25 heavy (non-hydrogen) atoms. The van der Waals surface area contributed by atoms with E-state index in [2.05, 4.69) is 20.3 Å². The summed E-state index contributed by atoms with van der Waals surface area (Å²) in [7, 11) is 1.64. The fourth-order valence-corrected chi connectivity index (χ4v) is 2.69. The molecule has 0 aliphatic carbocycles. The van der Waals surface area contributed by atoms with Crippen molar-refractivity contribution in [1.82, 2.24) is 15.0 Å². The zero-order chi connectivity index (χ0) is 17.2. The highest BCUT2D eigenvalue weighted by atomic mass is 19.1. The number of benzene rings is 2. The normalized spacial score (nSPS) is 10.8. The molecule has 0 aliphatic rings. The van der Waals surface area contributed by atoms with Crippen LogP contribution in [0.5, 0.6) is 5.75 Å². The molecule has 0 saturated heterocycles. The first-order valence-electron chi connectivity index (χ1n) is 7.74. The third-order valence-corrected chi connectivity index (χ3v) is 3.89. The lowest BCUT2D eigenvalue weighted by Gasteiger charge is -2.05. The number of nitrogens with one attached hydrogen (secondary N) is 2. The Balaban J connectivity index is 1.75. The van der Waals surface area contributed by atoms with Gasteiger partial charge < -0.3 is 15.0 Å². The van der Waals surface area contributed by atoms with E-state index in [1.165, 1.54) is 18.5 Å². The Bertz CT molecular complexity index is 1040. The number of aromatic amines is 1. The lowest BCUT2D eigenvalue weighted by atomic mass is 10.1. The summed E-state index contributed by atoms with van der Waals surface area (Å²) in [6, 6.07) is 16.0. The van der Waals surface area contributed by atoms with Crippen molar-refractivity contribution in [3.63, 3.8) is 0 Å². The van der Waals surface area contributed by atoms with E-state index >= 15 is 0 Å². The fraction of sp³-hybridized carbons (Fsp3) is 0.0526. The second kappa shape index (κ2) is 6.24. The molecule has 2 N–H and O–H groups in total. The van der Waals surface area contributed by atoms with Crippen molar-refractivity contribution in [2.24, 2.45) is 0 Å². The standard InChI is InChI=1S/C19H15FN4O/c1-25-15-7-2-4-12(8-15)17-10-16-18(21-11-22-19(16)24-17)23-14-6-3-5-13(20)9-14/h2-11H,1H3,(H2,21,22,23,24). The van der Waals surface area contributed by atoms with Crippen molar-refractivity contribution >= 4 is 22.5 Å². The number of fused-ring (bicyclic) bond motifs is 1. The third-order valence-electron chi connectivity index (χ3n) is 3.89. The van der Waals surface area contributed by atoms with E-state index < -0.39 is 0 Å². The molecule has 2 aromatic carbocycles. The van der Waals surface area contributed by atoms with Gasteiger partial charge in [-0.1, -0.05) is 18.2 Å². The summed E-state index contributed by atoms with van der Waals surface area (Å²) in [5.41, 5.74) is 3.21. The van der Waals surface area contributed by atoms with Gasteiger partial charge in [-0.05, 0) is 36.4 Å². The largest absolute Gasteiger partial charge is 0.497 e. The van der Waals surface area contributed by atoms with E-state index in [0.717, 1.165) is 22.4 Å². The molecule has 4 aromatic rings. The second-order valence-corrected chi connectivity index (χ2v) is 5.53. The number of ether oxygens (including phenoxy) is 1. The molecule has 4 rings (SSSR count). The van der Waals surface area contributed by atoms with Crippen LogP contribution in [0.15, 0.2) is 60.9 Å². The molecule has 124 valence electrons. The van der Waals surface area contributed by atoms with Crippen LogP contribution < -0.4 is 10.1 Å². The van der Waals surface area contributed by atoms with Gasteiger partial charge in [0.2, 0.25) is 0 Å². The highest BCUT2D eigenvalue weighted by molar-refractivity contribution is 5.93. The first kappa shape index (κ1) is 15.1. The molecule has 0 bridgehead atoms. The summed E-state index contributed by atoms with van der Waals surface area (Å²) < 4.78 is 18.7. The average molecular weight is 334 g/mol. The molecule has 2 aromatic heterocycles. The van der Waals surface area contributed by atoms with Crippen LogP contribution in [0, 0.1) is 5.82 Å². The number of halogens is 1. The van der Waals surface area contributed by atoms with Gasteiger partial charge in [-0.15, -0.1) is 0 Å². The minimum absolute atomic E-state index is 0.304. The Morgan fingerprint density at radius 3 is 2.76 bits per heavy atom. The van der Waals surface area contributed by atoms with E-state index in [0.29, 0.717) is 17.2 Å². The molecular weight excluding hydrogens is 319 g/mol. The van der Waals surface area contributed by atoms with Crippen LogP contribution in [0.1, 0.15) is 0 Å². The maximum absolute atomic E-state index is 13.4. The minimum Gasteiger partial charge on any atom is -0.497 e. The van der Waals surface area contributed by atoms with Gasteiger partial charge in [-0.2, -0.15) is 0 Å². The summed E-state index contributed by atoms with van der Waals surface area (Å²) >= 11 is 0. The van der Waals surface area contributed by atoms with Crippen LogP contribution in [0.3, 0.4) is 0 Å². The Morgan fingerprint density at radius 2 is 1.92 bits per heavy atom. The Labute approximate surface area is 143 Å². The van der Waals surface area contributed by atoms with E-state index in [9.17, 15) is 4.39 Å². The number of hydrogen-bond donors (Lipinski definition) is 2. The molecule has 0 atom stereocenters. The Hall–Kier alpha value is -3.41. The van der Waals surface area contributed by atoms with Gasteiger partial charge in [0.1, 0.15) is 29.4 Å². The summed E-state index contributed by atoms with van der Waals surface area (Å²) in [6.07, 6.45) is 1.47. The summed E-state index contributed by atoms with van der Waals surface area (Å²) in [5.74, 6) is 1.09. The SMILES string of the molecule is COc1cccc(-c2cc3c(Nc4cccc(F)c4)ncnc3[nH]2)c1. The van der Waals surface area contributed by atoms with Crippen molar-refractivity contribution < 1.29 is 9.13 Å². The van der Waals surface area contributed by atoms with Crippen LogP contribution in [-0.4, -0.2) is 22.1 Å². The summed E-state index contributed by atoms with van der Waals surface area (Å²) in [4.78, 5) is 11.8. The zero-order valence-corrected chi connectivity index (χ0v) is 13.5. The number of anilines is 2. The first-order valence-corrected chi connectivity index (χ1v) is 7.74. The van der Waals surface area contributed by atoms with Gasteiger partial charge in [0.15, 0.2) is 0 Å². The van der Waals surface area contributed by atoms with E-state index in [1.807, 2.05) is 30.3 Å². The first-order chi connectivity index (χ1) is 12.2. The van der Waals surface area contributed by atoms with Crippen LogP contribution in [-0.2, 0) is 0 Å². The molecule has 2 heterocycles. The predicted octanol–water partition coefficient (Wildman–Crippen LogP) is 4.52.